The fraction of sp³-hybridized carbons (Fsp3) is 0.105. The number of fused-ring (bicyclic) bond motifs is 1. The van der Waals surface area contributed by atoms with E-state index in [9.17, 15) is 13.2 Å². The lowest BCUT2D eigenvalue weighted by Gasteiger charge is -2.10. The van der Waals surface area contributed by atoms with Gasteiger partial charge in [0, 0.05) is 23.4 Å². The van der Waals surface area contributed by atoms with Crippen LogP contribution in [-0.2, 0) is 0 Å². The second-order valence-electron chi connectivity index (χ2n) is 5.79. The first kappa shape index (κ1) is 17.8. The van der Waals surface area contributed by atoms with Crippen LogP contribution < -0.4 is 9.47 Å². The molecule has 0 saturated heterocycles. The van der Waals surface area contributed by atoms with Crippen molar-refractivity contribution >= 4 is 5.65 Å². The topological polar surface area (TPSA) is 61.5 Å². The lowest BCUT2D eigenvalue weighted by Crippen LogP contribution is -2.17. The molecule has 142 valence electrons. The van der Waals surface area contributed by atoms with Crippen LogP contribution in [0.1, 0.15) is 0 Å². The van der Waals surface area contributed by atoms with E-state index in [0.717, 1.165) is 5.56 Å². The summed E-state index contributed by atoms with van der Waals surface area (Å²) >= 11 is 0. The molecule has 6 nitrogen and oxygen atoms in total. The summed E-state index contributed by atoms with van der Waals surface area (Å²) in [5.41, 5.74) is 3.00. The van der Waals surface area contributed by atoms with Crippen molar-refractivity contribution in [3.05, 3.63) is 60.9 Å². The normalized spacial score (nSPS) is 11.6. The highest BCUT2D eigenvalue weighted by Crippen LogP contribution is 2.29. The van der Waals surface area contributed by atoms with E-state index in [2.05, 4.69) is 19.8 Å². The predicted molar refractivity (Wildman–Crippen MR) is 94.9 cm³/mol. The Kier molecular flexibility index (Phi) is 4.34. The number of nitrogens with zero attached hydrogens (tertiary/aromatic N) is 4. The molecule has 0 N–H and O–H groups in total. The van der Waals surface area contributed by atoms with Gasteiger partial charge in [-0.25, -0.2) is 14.5 Å². The summed E-state index contributed by atoms with van der Waals surface area (Å²) in [6.07, 6.45) is -1.61. The molecule has 9 heteroatoms. The molecule has 0 atom stereocenters. The van der Waals surface area contributed by atoms with Crippen molar-refractivity contribution < 1.29 is 22.6 Å². The van der Waals surface area contributed by atoms with E-state index in [-0.39, 0.29) is 5.75 Å². The van der Waals surface area contributed by atoms with Crippen LogP contribution in [0, 0.1) is 0 Å². The molecule has 3 heterocycles. The van der Waals surface area contributed by atoms with E-state index in [1.807, 2.05) is 0 Å². The van der Waals surface area contributed by atoms with Crippen LogP contribution in [0.5, 0.6) is 11.6 Å². The van der Waals surface area contributed by atoms with Gasteiger partial charge in [0.2, 0.25) is 5.88 Å². The van der Waals surface area contributed by atoms with Crippen molar-refractivity contribution in [2.75, 3.05) is 7.11 Å². The van der Waals surface area contributed by atoms with Gasteiger partial charge in [-0.05, 0) is 30.3 Å². The number of methoxy groups -OCH3 is 1. The highest BCUT2D eigenvalue weighted by molar-refractivity contribution is 5.67. The van der Waals surface area contributed by atoms with Crippen molar-refractivity contribution in [1.29, 1.82) is 0 Å². The van der Waals surface area contributed by atoms with E-state index in [0.29, 0.717) is 28.5 Å². The van der Waals surface area contributed by atoms with Gasteiger partial charge >= 0.3 is 6.36 Å². The summed E-state index contributed by atoms with van der Waals surface area (Å²) < 4.78 is 48.2. The lowest BCUT2D eigenvalue weighted by atomic mass is 10.1. The Labute approximate surface area is 157 Å². The Morgan fingerprint density at radius 1 is 0.964 bits per heavy atom. The number of hydrogen-bond acceptors (Lipinski definition) is 5. The summed E-state index contributed by atoms with van der Waals surface area (Å²) in [7, 11) is 1.52. The Morgan fingerprint density at radius 3 is 2.61 bits per heavy atom. The minimum Gasteiger partial charge on any atom is -0.481 e. The Bertz CT molecular complexity index is 1140. The minimum atomic E-state index is -4.76. The highest BCUT2D eigenvalue weighted by Gasteiger charge is 2.31. The van der Waals surface area contributed by atoms with Gasteiger partial charge in [0.1, 0.15) is 5.75 Å². The molecule has 0 aliphatic rings. The molecular formula is C19H13F3N4O2. The number of benzene rings is 1. The maximum Gasteiger partial charge on any atom is 0.573 e. The zero-order valence-corrected chi connectivity index (χ0v) is 14.5. The van der Waals surface area contributed by atoms with Crippen LogP contribution >= 0.6 is 0 Å². The molecule has 1 aromatic carbocycles. The minimum absolute atomic E-state index is 0.310. The number of ether oxygens (including phenoxy) is 2. The van der Waals surface area contributed by atoms with E-state index in [1.165, 1.54) is 25.3 Å². The third kappa shape index (κ3) is 3.59. The summed E-state index contributed by atoms with van der Waals surface area (Å²) in [5.74, 6) is 0.136. The van der Waals surface area contributed by atoms with E-state index in [4.69, 9.17) is 4.74 Å². The van der Waals surface area contributed by atoms with Crippen molar-refractivity contribution in [1.82, 2.24) is 19.6 Å². The Balaban J connectivity index is 1.77. The van der Waals surface area contributed by atoms with Gasteiger partial charge in [-0.15, -0.1) is 13.2 Å². The quantitative estimate of drug-likeness (QED) is 0.521. The number of halogens is 3. The van der Waals surface area contributed by atoms with Crippen LogP contribution in [0.4, 0.5) is 13.2 Å². The van der Waals surface area contributed by atoms with E-state index >= 15 is 0 Å². The zero-order chi connectivity index (χ0) is 19.7. The molecule has 4 aromatic rings. The van der Waals surface area contributed by atoms with Crippen molar-refractivity contribution in [3.63, 3.8) is 0 Å². The number of pyridine rings is 1. The average molecular weight is 386 g/mol. The number of imidazole rings is 1. The highest BCUT2D eigenvalue weighted by atomic mass is 19.4. The molecular weight excluding hydrogens is 373 g/mol. The SMILES string of the molecule is COc1cc(-c2ccc3ncc(-c4cccc(OC(F)(F)F)c4)n3n2)ccn1. The Morgan fingerprint density at radius 2 is 1.82 bits per heavy atom. The Hall–Kier alpha value is -3.62. The number of hydrogen-bond donors (Lipinski definition) is 0. The lowest BCUT2D eigenvalue weighted by molar-refractivity contribution is -0.274. The molecule has 4 rings (SSSR count). The smallest absolute Gasteiger partial charge is 0.481 e. The average Bonchev–Trinajstić information content (AvgIpc) is 3.10. The summed E-state index contributed by atoms with van der Waals surface area (Å²) in [6.45, 7) is 0. The maximum atomic E-state index is 12.5. The molecule has 0 aliphatic heterocycles. The number of alkyl halides is 3. The molecule has 0 bridgehead atoms. The van der Waals surface area contributed by atoms with E-state index in [1.54, 1.807) is 47.2 Å². The standard InChI is InChI=1S/C19H13F3N4O2/c1-27-18-10-12(7-8-23-18)15-5-6-17-24-11-16(26(17)25-15)13-3-2-4-14(9-13)28-19(20,21)22/h2-11H,1H3. The first-order valence-electron chi connectivity index (χ1n) is 8.14. The van der Waals surface area contributed by atoms with Crippen LogP contribution in [0.15, 0.2) is 60.9 Å². The number of rotatable bonds is 4. The van der Waals surface area contributed by atoms with Gasteiger partial charge in [0.05, 0.1) is 24.7 Å². The fourth-order valence-electron chi connectivity index (χ4n) is 2.76. The van der Waals surface area contributed by atoms with Gasteiger partial charge in [-0.3, -0.25) is 0 Å². The molecule has 0 radical (unpaired) electrons. The van der Waals surface area contributed by atoms with E-state index < -0.39 is 6.36 Å². The molecule has 3 aromatic heterocycles. The number of aromatic nitrogens is 4. The van der Waals surface area contributed by atoms with Gasteiger partial charge < -0.3 is 9.47 Å². The molecule has 28 heavy (non-hydrogen) atoms. The summed E-state index contributed by atoms with van der Waals surface area (Å²) in [4.78, 5) is 8.33. The van der Waals surface area contributed by atoms with Crippen molar-refractivity contribution in [2.45, 2.75) is 6.36 Å². The second-order valence-corrected chi connectivity index (χ2v) is 5.79. The van der Waals surface area contributed by atoms with Crippen LogP contribution in [0.3, 0.4) is 0 Å². The molecule has 0 unspecified atom stereocenters. The molecule has 0 fully saturated rings. The van der Waals surface area contributed by atoms with Gasteiger partial charge in [-0.1, -0.05) is 12.1 Å². The van der Waals surface area contributed by atoms with Crippen molar-refractivity contribution in [2.24, 2.45) is 0 Å². The van der Waals surface area contributed by atoms with Gasteiger partial charge in [0.15, 0.2) is 5.65 Å². The third-order valence-corrected chi connectivity index (χ3v) is 3.97. The van der Waals surface area contributed by atoms with Crippen LogP contribution in [0.2, 0.25) is 0 Å². The molecule has 0 amide bonds. The first-order chi connectivity index (χ1) is 13.4. The van der Waals surface area contributed by atoms with Crippen LogP contribution in [-0.4, -0.2) is 33.1 Å². The summed E-state index contributed by atoms with van der Waals surface area (Å²) in [6, 6.07) is 12.8. The third-order valence-electron chi connectivity index (χ3n) is 3.97. The van der Waals surface area contributed by atoms with Gasteiger partial charge in [-0.2, -0.15) is 5.10 Å². The monoisotopic (exact) mass is 386 g/mol. The van der Waals surface area contributed by atoms with Gasteiger partial charge in [0.25, 0.3) is 0 Å². The second kappa shape index (κ2) is 6.84. The predicted octanol–water partition coefficient (Wildman–Crippen LogP) is 4.37. The molecule has 0 spiro atoms. The summed E-state index contributed by atoms with van der Waals surface area (Å²) in [5, 5.41) is 4.57. The largest absolute Gasteiger partial charge is 0.573 e. The van der Waals surface area contributed by atoms with Crippen LogP contribution in [0.25, 0.3) is 28.2 Å². The van der Waals surface area contributed by atoms with Crippen molar-refractivity contribution in [3.8, 4) is 34.1 Å². The zero-order valence-electron chi connectivity index (χ0n) is 14.5. The first-order valence-corrected chi connectivity index (χ1v) is 8.14. The molecule has 0 saturated carbocycles. The fourth-order valence-corrected chi connectivity index (χ4v) is 2.76. The maximum absolute atomic E-state index is 12.5. The molecule has 0 aliphatic carbocycles.